The van der Waals surface area contributed by atoms with E-state index >= 15 is 0 Å². The molecule has 1 fully saturated rings. The number of hydrogen-bond acceptors (Lipinski definition) is 4. The first-order chi connectivity index (χ1) is 6.87. The quantitative estimate of drug-likeness (QED) is 0.736. The molecule has 1 N–H and O–H groups in total. The molecule has 0 aromatic heterocycles. The van der Waals surface area contributed by atoms with Crippen LogP contribution in [0.1, 0.15) is 20.3 Å². The van der Waals surface area contributed by atoms with Crippen molar-refractivity contribution in [2.24, 2.45) is 0 Å². The summed E-state index contributed by atoms with van der Waals surface area (Å²) in [5.74, 6) is 0.0135. The lowest BCUT2D eigenvalue weighted by molar-refractivity contribution is -0.0640. The van der Waals surface area contributed by atoms with Crippen LogP contribution in [0.4, 0.5) is 0 Å². The van der Waals surface area contributed by atoms with Gasteiger partial charge in [0.2, 0.25) is 10.0 Å². The summed E-state index contributed by atoms with van der Waals surface area (Å²) in [7, 11) is -3.22. The van der Waals surface area contributed by atoms with Gasteiger partial charge in [-0.15, -0.1) is 0 Å². The maximum absolute atomic E-state index is 11.8. The summed E-state index contributed by atoms with van der Waals surface area (Å²) in [6.45, 7) is 4.90. The fraction of sp³-hybridized carbons (Fsp3) is 1.00. The fourth-order valence-corrected chi connectivity index (χ4v) is 3.20. The van der Waals surface area contributed by atoms with E-state index in [4.69, 9.17) is 9.84 Å². The van der Waals surface area contributed by atoms with Crippen molar-refractivity contribution < 1.29 is 18.3 Å². The van der Waals surface area contributed by atoms with Gasteiger partial charge in [-0.05, 0) is 20.3 Å². The van der Waals surface area contributed by atoms with Gasteiger partial charge in [0.05, 0.1) is 18.0 Å². The fourth-order valence-electron chi connectivity index (χ4n) is 1.59. The maximum Gasteiger partial charge on any atom is 0.214 e. The SMILES string of the molecule is CC1(C)CN(S(=O)(=O)CCCO)CCO1. The molecule has 1 heterocycles. The van der Waals surface area contributed by atoms with E-state index in [1.54, 1.807) is 0 Å². The molecule has 0 aromatic carbocycles. The summed E-state index contributed by atoms with van der Waals surface area (Å²) in [6.07, 6.45) is 0.292. The number of rotatable bonds is 4. The molecule has 0 radical (unpaired) electrons. The summed E-state index contributed by atoms with van der Waals surface area (Å²) in [5.41, 5.74) is -0.412. The van der Waals surface area contributed by atoms with Gasteiger partial charge < -0.3 is 9.84 Å². The van der Waals surface area contributed by atoms with Gasteiger partial charge in [-0.3, -0.25) is 0 Å². The standard InChI is InChI=1S/C9H19NO4S/c1-9(2)8-10(4-6-14-9)15(12,13)7-3-5-11/h11H,3-8H2,1-2H3. The number of aliphatic hydroxyl groups excluding tert-OH is 1. The van der Waals surface area contributed by atoms with Crippen LogP contribution in [-0.2, 0) is 14.8 Å². The van der Waals surface area contributed by atoms with Gasteiger partial charge >= 0.3 is 0 Å². The second-order valence-corrected chi connectivity index (χ2v) is 6.42. The lowest BCUT2D eigenvalue weighted by Crippen LogP contribution is -2.51. The topological polar surface area (TPSA) is 66.8 Å². The molecular weight excluding hydrogens is 218 g/mol. The third-order valence-electron chi connectivity index (χ3n) is 2.34. The summed E-state index contributed by atoms with van der Waals surface area (Å²) in [4.78, 5) is 0. The Morgan fingerprint density at radius 2 is 2.13 bits per heavy atom. The van der Waals surface area contributed by atoms with Crippen LogP contribution in [0.5, 0.6) is 0 Å². The van der Waals surface area contributed by atoms with E-state index in [1.165, 1.54) is 4.31 Å². The summed E-state index contributed by atoms with van der Waals surface area (Å²) >= 11 is 0. The molecule has 0 saturated carbocycles. The molecule has 1 aliphatic heterocycles. The van der Waals surface area contributed by atoms with Crippen molar-refractivity contribution >= 4 is 10.0 Å². The molecule has 90 valence electrons. The normalized spacial score (nSPS) is 22.9. The number of hydrogen-bond donors (Lipinski definition) is 1. The predicted molar refractivity (Wildman–Crippen MR) is 57.1 cm³/mol. The van der Waals surface area contributed by atoms with Gasteiger partial charge in [-0.2, -0.15) is 4.31 Å². The van der Waals surface area contributed by atoms with E-state index < -0.39 is 15.6 Å². The van der Waals surface area contributed by atoms with Crippen molar-refractivity contribution in [3.8, 4) is 0 Å². The highest BCUT2D eigenvalue weighted by atomic mass is 32.2. The van der Waals surface area contributed by atoms with E-state index in [1.807, 2.05) is 13.8 Å². The highest BCUT2D eigenvalue weighted by Crippen LogP contribution is 2.19. The lowest BCUT2D eigenvalue weighted by Gasteiger charge is -2.37. The zero-order valence-electron chi connectivity index (χ0n) is 9.27. The van der Waals surface area contributed by atoms with Crippen LogP contribution in [-0.4, -0.2) is 55.5 Å². The van der Waals surface area contributed by atoms with Crippen LogP contribution in [0.25, 0.3) is 0 Å². The predicted octanol–water partition coefficient (Wildman–Crippen LogP) is -0.191. The van der Waals surface area contributed by atoms with Gasteiger partial charge in [0.1, 0.15) is 0 Å². The van der Waals surface area contributed by atoms with Gasteiger partial charge in [0, 0.05) is 19.7 Å². The third-order valence-corrected chi connectivity index (χ3v) is 4.25. The van der Waals surface area contributed by atoms with Gasteiger partial charge in [0.25, 0.3) is 0 Å². The van der Waals surface area contributed by atoms with E-state index in [-0.39, 0.29) is 12.4 Å². The molecular formula is C9H19NO4S. The Labute approximate surface area is 91.1 Å². The van der Waals surface area contributed by atoms with Crippen LogP contribution in [0, 0.1) is 0 Å². The molecule has 0 aromatic rings. The minimum atomic E-state index is -3.22. The number of morpholine rings is 1. The smallest absolute Gasteiger partial charge is 0.214 e. The first-order valence-corrected chi connectivity index (χ1v) is 6.71. The minimum absolute atomic E-state index is 0.0135. The zero-order chi connectivity index (χ0) is 11.5. The van der Waals surface area contributed by atoms with Crippen LogP contribution in [0.2, 0.25) is 0 Å². The number of aliphatic hydroxyl groups is 1. The molecule has 1 saturated heterocycles. The van der Waals surface area contributed by atoms with Crippen LogP contribution >= 0.6 is 0 Å². The molecule has 0 unspecified atom stereocenters. The largest absolute Gasteiger partial charge is 0.396 e. The molecule has 5 nitrogen and oxygen atoms in total. The van der Waals surface area contributed by atoms with E-state index in [2.05, 4.69) is 0 Å². The second kappa shape index (κ2) is 4.78. The molecule has 0 amide bonds. The average molecular weight is 237 g/mol. The third kappa shape index (κ3) is 3.71. The van der Waals surface area contributed by atoms with Crippen molar-refractivity contribution in [3.05, 3.63) is 0 Å². The molecule has 1 rings (SSSR count). The first kappa shape index (κ1) is 12.9. The number of ether oxygens (including phenoxy) is 1. The molecule has 0 bridgehead atoms. The second-order valence-electron chi connectivity index (χ2n) is 4.33. The van der Waals surface area contributed by atoms with Crippen LogP contribution < -0.4 is 0 Å². The highest BCUT2D eigenvalue weighted by Gasteiger charge is 2.33. The molecule has 0 spiro atoms. The minimum Gasteiger partial charge on any atom is -0.396 e. The molecule has 0 aliphatic carbocycles. The van der Waals surface area contributed by atoms with E-state index in [0.29, 0.717) is 26.1 Å². The van der Waals surface area contributed by atoms with Gasteiger partial charge in [-0.1, -0.05) is 0 Å². The summed E-state index contributed by atoms with van der Waals surface area (Å²) < 4.78 is 30.5. The highest BCUT2D eigenvalue weighted by molar-refractivity contribution is 7.89. The Morgan fingerprint density at radius 1 is 1.47 bits per heavy atom. The Bertz CT molecular complexity index is 299. The van der Waals surface area contributed by atoms with Crippen molar-refractivity contribution in [3.63, 3.8) is 0 Å². The number of nitrogens with zero attached hydrogens (tertiary/aromatic N) is 1. The van der Waals surface area contributed by atoms with Gasteiger partial charge in [-0.25, -0.2) is 8.42 Å². The van der Waals surface area contributed by atoms with E-state index in [9.17, 15) is 8.42 Å². The number of sulfonamides is 1. The Morgan fingerprint density at radius 3 is 2.67 bits per heavy atom. The van der Waals surface area contributed by atoms with Crippen molar-refractivity contribution in [1.82, 2.24) is 4.31 Å². The van der Waals surface area contributed by atoms with Crippen LogP contribution in [0.15, 0.2) is 0 Å². The molecule has 0 atom stereocenters. The Balaban J connectivity index is 2.63. The first-order valence-electron chi connectivity index (χ1n) is 5.10. The zero-order valence-corrected chi connectivity index (χ0v) is 10.1. The molecule has 6 heteroatoms. The maximum atomic E-state index is 11.8. The summed E-state index contributed by atoms with van der Waals surface area (Å²) in [6, 6.07) is 0. The summed E-state index contributed by atoms with van der Waals surface area (Å²) in [5, 5.41) is 8.62. The molecule has 1 aliphatic rings. The lowest BCUT2D eigenvalue weighted by atomic mass is 10.1. The van der Waals surface area contributed by atoms with Crippen LogP contribution in [0.3, 0.4) is 0 Å². The van der Waals surface area contributed by atoms with Gasteiger partial charge in [0.15, 0.2) is 0 Å². The molecule has 15 heavy (non-hydrogen) atoms. The monoisotopic (exact) mass is 237 g/mol. The van der Waals surface area contributed by atoms with Crippen molar-refractivity contribution in [2.45, 2.75) is 25.9 Å². The van der Waals surface area contributed by atoms with E-state index in [0.717, 1.165) is 0 Å². The average Bonchev–Trinajstić information content (AvgIpc) is 2.13. The van der Waals surface area contributed by atoms with Crippen molar-refractivity contribution in [1.29, 1.82) is 0 Å². The Hall–Kier alpha value is -0.170. The Kier molecular flexibility index (Phi) is 4.11. The van der Waals surface area contributed by atoms with Crippen molar-refractivity contribution in [2.75, 3.05) is 32.1 Å².